The Kier molecular flexibility index (Phi) is 9.05. The molecule has 0 aromatic heterocycles. The van der Waals surface area contributed by atoms with Crippen LogP contribution in [0.4, 0.5) is 0 Å². The van der Waals surface area contributed by atoms with Crippen LogP contribution < -0.4 is 0 Å². The molecule has 1 aliphatic carbocycles. The van der Waals surface area contributed by atoms with Crippen molar-refractivity contribution in [3.05, 3.63) is 17.0 Å². The molecule has 2 nitrogen and oxygen atoms in total. The molecule has 0 aliphatic heterocycles. The van der Waals surface area contributed by atoms with E-state index in [2.05, 4.69) is 11.4 Å². The maximum atomic E-state index is 11.4. The Morgan fingerprint density at radius 1 is 1.13 bits per heavy atom. The molecule has 1 aliphatic rings. The van der Waals surface area contributed by atoms with Crippen LogP contribution in [-0.4, -0.2) is 13.0 Å². The minimum Gasteiger partial charge on any atom is -0.652 e. The fraction of sp³-hybridized carbons (Fsp3) is 0.750. The summed E-state index contributed by atoms with van der Waals surface area (Å²) in [6.45, 7) is 0. The van der Waals surface area contributed by atoms with E-state index >= 15 is 0 Å². The number of carbonyl (C=O) groups excluding carboxylic acids is 1. The number of hydrogen-bond donors (Lipinski definition) is 0. The normalized spacial score (nSPS) is 21.8. The first-order valence-electron chi connectivity index (χ1n) is 5.68. The van der Waals surface area contributed by atoms with E-state index in [1.54, 1.807) is 7.05 Å². The Morgan fingerprint density at radius 2 is 1.73 bits per heavy atom. The topological polar surface area (TPSA) is 31.2 Å². The molecule has 0 fully saturated rings. The maximum Gasteiger partial charge on any atom is 0.0774 e. The van der Waals surface area contributed by atoms with Gasteiger partial charge in [0.15, 0.2) is 0 Å². The average Bonchev–Trinajstić information content (AvgIpc) is 2.24. The van der Waals surface area contributed by atoms with E-state index in [1.807, 2.05) is 0 Å². The summed E-state index contributed by atoms with van der Waals surface area (Å²) >= 11 is 0. The van der Waals surface area contributed by atoms with E-state index < -0.39 is 0 Å². The van der Waals surface area contributed by atoms with Crippen LogP contribution in [-0.2, 0) is 25.2 Å². The van der Waals surface area contributed by atoms with E-state index in [-0.39, 0.29) is 26.3 Å². The number of rotatable bonds is 1. The average molecular weight is 381 g/mol. The molecule has 0 N–H and O–H groups in total. The zero-order valence-corrected chi connectivity index (χ0v) is 12.2. The molecule has 1 radical (unpaired) electrons. The SMILES string of the molecule is C[N-]C(=O)/C1=C/CCCCCCCC1.[Re]. The molecule has 1 amide bonds. The summed E-state index contributed by atoms with van der Waals surface area (Å²) in [5, 5.41) is 3.73. The van der Waals surface area contributed by atoms with Gasteiger partial charge in [-0.3, -0.25) is 0 Å². The Morgan fingerprint density at radius 3 is 2.40 bits per heavy atom. The van der Waals surface area contributed by atoms with Gasteiger partial charge in [-0.2, -0.15) is 0 Å². The zero-order chi connectivity index (χ0) is 10.2. The molecule has 15 heavy (non-hydrogen) atoms. The van der Waals surface area contributed by atoms with Gasteiger partial charge < -0.3 is 10.1 Å². The summed E-state index contributed by atoms with van der Waals surface area (Å²) in [6.07, 6.45) is 11.7. The van der Waals surface area contributed by atoms with Crippen LogP contribution in [0.3, 0.4) is 0 Å². The van der Waals surface area contributed by atoms with Gasteiger partial charge in [-0.1, -0.05) is 31.8 Å². The van der Waals surface area contributed by atoms with Gasteiger partial charge in [0.05, 0.1) is 5.91 Å². The minimum atomic E-state index is -0.00873. The molecule has 0 aromatic rings. The number of likely N-dealkylation sites (N-methyl/N-ethyl adjacent to an activating group) is 1. The number of amides is 1. The molecule has 0 bridgehead atoms. The molecule has 1 rings (SSSR count). The first kappa shape index (κ1) is 14.9. The molecule has 0 heterocycles. The maximum absolute atomic E-state index is 11.4. The number of allylic oxidation sites excluding steroid dienone is 1. The summed E-state index contributed by atoms with van der Waals surface area (Å²) in [7, 11) is 1.59. The van der Waals surface area contributed by atoms with E-state index in [1.165, 1.54) is 32.1 Å². The smallest absolute Gasteiger partial charge is 0.0774 e. The van der Waals surface area contributed by atoms with Crippen LogP contribution in [0.2, 0.25) is 0 Å². The van der Waals surface area contributed by atoms with Gasteiger partial charge in [-0.15, -0.1) is 7.05 Å². The first-order chi connectivity index (χ1) is 6.84. The van der Waals surface area contributed by atoms with Crippen molar-refractivity contribution in [2.24, 2.45) is 0 Å². The van der Waals surface area contributed by atoms with Crippen LogP contribution in [0, 0.1) is 0 Å². The van der Waals surface area contributed by atoms with Crippen molar-refractivity contribution in [2.45, 2.75) is 51.4 Å². The Balaban J connectivity index is 0.00000196. The van der Waals surface area contributed by atoms with Crippen LogP contribution in [0.5, 0.6) is 0 Å². The number of hydrogen-bond acceptors (Lipinski definition) is 1. The van der Waals surface area contributed by atoms with E-state index in [4.69, 9.17) is 0 Å². The van der Waals surface area contributed by atoms with Crippen LogP contribution in [0.1, 0.15) is 51.4 Å². The summed E-state index contributed by atoms with van der Waals surface area (Å²) < 4.78 is 0. The van der Waals surface area contributed by atoms with Crippen LogP contribution >= 0.6 is 0 Å². The third-order valence-corrected chi connectivity index (χ3v) is 2.77. The van der Waals surface area contributed by atoms with Crippen molar-refractivity contribution in [2.75, 3.05) is 7.05 Å². The van der Waals surface area contributed by atoms with Crippen molar-refractivity contribution in [1.82, 2.24) is 0 Å². The molecule has 0 saturated heterocycles. The fourth-order valence-corrected chi connectivity index (χ4v) is 1.88. The third-order valence-electron chi connectivity index (χ3n) is 2.77. The van der Waals surface area contributed by atoms with Gasteiger partial charge in [0.25, 0.3) is 0 Å². The van der Waals surface area contributed by atoms with Crippen LogP contribution in [0.15, 0.2) is 11.6 Å². The second-order valence-electron chi connectivity index (χ2n) is 3.92. The Labute approximate surface area is 107 Å². The second kappa shape index (κ2) is 9.12. The monoisotopic (exact) mass is 381 g/mol. The molecule has 0 spiro atoms. The van der Waals surface area contributed by atoms with Crippen molar-refractivity contribution in [3.8, 4) is 0 Å². The van der Waals surface area contributed by atoms with Crippen molar-refractivity contribution >= 4 is 5.91 Å². The summed E-state index contributed by atoms with van der Waals surface area (Å²) in [6, 6.07) is 0. The minimum absolute atomic E-state index is 0. The molecule has 87 valence electrons. The molecular formula is C12H20NORe-. The van der Waals surface area contributed by atoms with Gasteiger partial charge >= 0.3 is 0 Å². The predicted molar refractivity (Wildman–Crippen MR) is 59.3 cm³/mol. The Hall–Kier alpha value is -0.128. The number of nitrogens with zero attached hydrogens (tertiary/aromatic N) is 1. The van der Waals surface area contributed by atoms with Crippen molar-refractivity contribution in [1.29, 1.82) is 0 Å². The molecule has 0 atom stereocenters. The standard InChI is InChI=1S/C12H21NO.Re/c1-13-12(14)11-9-7-5-3-2-4-6-8-10-11;/h9H,2-8,10H2,1H3,(H,13,14);/p-1/b11-9+;. The molecular weight excluding hydrogens is 360 g/mol. The quantitative estimate of drug-likeness (QED) is 0.684. The van der Waals surface area contributed by atoms with E-state index in [9.17, 15) is 4.79 Å². The summed E-state index contributed by atoms with van der Waals surface area (Å²) in [4.78, 5) is 11.4. The summed E-state index contributed by atoms with van der Waals surface area (Å²) in [5.41, 5.74) is 0.939. The number of carbonyl (C=O) groups is 1. The van der Waals surface area contributed by atoms with Crippen molar-refractivity contribution < 1.29 is 25.2 Å². The largest absolute Gasteiger partial charge is 0.652 e. The second-order valence-corrected chi connectivity index (χ2v) is 3.92. The first-order valence-corrected chi connectivity index (χ1v) is 5.68. The van der Waals surface area contributed by atoms with Gasteiger partial charge in [0.1, 0.15) is 0 Å². The zero-order valence-electron chi connectivity index (χ0n) is 9.47. The van der Waals surface area contributed by atoms with Gasteiger partial charge in [-0.05, 0) is 31.3 Å². The molecule has 0 unspecified atom stereocenters. The van der Waals surface area contributed by atoms with E-state index in [0.29, 0.717) is 0 Å². The Bertz CT molecular complexity index is 214. The third kappa shape index (κ3) is 6.12. The molecule has 0 aromatic carbocycles. The molecule has 3 heteroatoms. The van der Waals surface area contributed by atoms with Crippen molar-refractivity contribution in [3.63, 3.8) is 0 Å². The van der Waals surface area contributed by atoms with E-state index in [0.717, 1.165) is 24.8 Å². The fourth-order valence-electron chi connectivity index (χ4n) is 1.88. The predicted octanol–water partition coefficient (Wildman–Crippen LogP) is 3.57. The van der Waals surface area contributed by atoms with Crippen LogP contribution in [0.25, 0.3) is 5.32 Å². The van der Waals surface area contributed by atoms with Gasteiger partial charge in [0.2, 0.25) is 0 Å². The van der Waals surface area contributed by atoms with Gasteiger partial charge in [0, 0.05) is 20.4 Å². The summed E-state index contributed by atoms with van der Waals surface area (Å²) in [5.74, 6) is -0.00873. The molecule has 0 saturated carbocycles. The van der Waals surface area contributed by atoms with Gasteiger partial charge in [-0.25, -0.2) is 0 Å².